The Hall–Kier alpha value is -2.38. The molecule has 5 nitrogen and oxygen atoms in total. The monoisotopic (exact) mass is 402 g/mol. The van der Waals surface area contributed by atoms with Crippen LogP contribution in [-0.4, -0.2) is 13.4 Å². The summed E-state index contributed by atoms with van der Waals surface area (Å²) in [6.07, 6.45) is 1.57. The minimum atomic E-state index is -3.70. The van der Waals surface area contributed by atoms with Crippen molar-refractivity contribution in [1.29, 1.82) is 0 Å². The molecule has 3 rings (SSSR count). The van der Waals surface area contributed by atoms with Crippen molar-refractivity contribution in [2.45, 2.75) is 37.3 Å². The number of hydrogen-bond donors (Lipinski definition) is 1. The molecule has 0 aliphatic carbocycles. The number of aryl methyl sites for hydroxylation is 1. The van der Waals surface area contributed by atoms with Crippen molar-refractivity contribution in [3.8, 4) is 11.6 Å². The molecule has 0 fully saturated rings. The zero-order valence-electron chi connectivity index (χ0n) is 15.7. The first-order chi connectivity index (χ1) is 12.7. The summed E-state index contributed by atoms with van der Waals surface area (Å²) in [6.45, 7) is 8.14. The number of para-hydroxylation sites is 1. The molecule has 0 bridgehead atoms. The molecule has 1 aromatic carbocycles. The third-order valence-corrected chi connectivity index (χ3v) is 6.81. The minimum absolute atomic E-state index is 0.125. The predicted octanol–water partition coefficient (Wildman–Crippen LogP) is 5.34. The molecule has 7 heteroatoms. The van der Waals surface area contributed by atoms with E-state index in [1.54, 1.807) is 29.8 Å². The number of nitrogens with one attached hydrogen (secondary N) is 1. The fraction of sp³-hybridized carbons (Fsp3) is 0.250. The molecule has 0 amide bonds. The Morgan fingerprint density at radius 2 is 1.85 bits per heavy atom. The maximum absolute atomic E-state index is 12.7. The van der Waals surface area contributed by atoms with Crippen LogP contribution in [0, 0.1) is 6.92 Å². The van der Waals surface area contributed by atoms with Gasteiger partial charge in [-0.25, -0.2) is 13.4 Å². The standard InChI is InChI=1S/C20H22N2O3S2/c1-14-12-18(26-13-14)27(23,24)22-16-9-7-11-21-19(16)25-17-10-6-5-8-15(17)20(2,3)4/h5-13,22H,1-4H3. The normalized spacial score (nSPS) is 12.0. The maximum Gasteiger partial charge on any atom is 0.271 e. The minimum Gasteiger partial charge on any atom is -0.437 e. The van der Waals surface area contributed by atoms with E-state index in [0.29, 0.717) is 11.4 Å². The lowest BCUT2D eigenvalue weighted by Gasteiger charge is -2.22. The maximum atomic E-state index is 12.7. The molecule has 0 radical (unpaired) electrons. The summed E-state index contributed by atoms with van der Waals surface area (Å²) in [4.78, 5) is 4.23. The summed E-state index contributed by atoms with van der Waals surface area (Å²) in [5, 5.41) is 1.80. The van der Waals surface area contributed by atoms with Crippen LogP contribution in [0.4, 0.5) is 5.69 Å². The highest BCUT2D eigenvalue weighted by molar-refractivity contribution is 7.94. The van der Waals surface area contributed by atoms with E-state index in [-0.39, 0.29) is 15.5 Å². The van der Waals surface area contributed by atoms with Crippen molar-refractivity contribution < 1.29 is 13.2 Å². The Labute approximate surface area is 164 Å². The zero-order chi connectivity index (χ0) is 19.7. The molecule has 142 valence electrons. The average molecular weight is 403 g/mol. The van der Waals surface area contributed by atoms with Gasteiger partial charge < -0.3 is 4.74 Å². The summed E-state index contributed by atoms with van der Waals surface area (Å²) in [6, 6.07) is 12.6. The lowest BCUT2D eigenvalue weighted by molar-refractivity contribution is 0.442. The molecule has 0 atom stereocenters. The van der Waals surface area contributed by atoms with Crippen LogP contribution in [0.1, 0.15) is 31.9 Å². The van der Waals surface area contributed by atoms with Crippen molar-refractivity contribution in [2.75, 3.05) is 4.72 Å². The Bertz CT molecular complexity index is 1050. The van der Waals surface area contributed by atoms with Gasteiger partial charge in [0.15, 0.2) is 0 Å². The summed E-state index contributed by atoms with van der Waals surface area (Å²) < 4.78 is 34.2. The SMILES string of the molecule is Cc1csc(S(=O)(=O)Nc2cccnc2Oc2ccccc2C(C)(C)C)c1. The molecule has 2 heterocycles. The highest BCUT2D eigenvalue weighted by Gasteiger charge is 2.22. The third kappa shape index (κ3) is 4.48. The van der Waals surface area contributed by atoms with Gasteiger partial charge in [-0.2, -0.15) is 0 Å². The van der Waals surface area contributed by atoms with Crippen LogP contribution in [0.25, 0.3) is 0 Å². The fourth-order valence-corrected chi connectivity index (χ4v) is 4.86. The fourth-order valence-electron chi connectivity index (χ4n) is 2.57. The molecule has 3 aromatic rings. The molecule has 0 unspecified atom stereocenters. The second-order valence-corrected chi connectivity index (χ2v) is 10.1. The van der Waals surface area contributed by atoms with Gasteiger partial charge >= 0.3 is 0 Å². The van der Waals surface area contributed by atoms with Crippen molar-refractivity contribution >= 4 is 27.0 Å². The lowest BCUT2D eigenvalue weighted by atomic mass is 9.86. The van der Waals surface area contributed by atoms with Gasteiger partial charge in [0.2, 0.25) is 5.88 Å². The topological polar surface area (TPSA) is 68.3 Å². The Morgan fingerprint density at radius 1 is 1.11 bits per heavy atom. The highest BCUT2D eigenvalue weighted by Crippen LogP contribution is 2.36. The Morgan fingerprint density at radius 3 is 2.52 bits per heavy atom. The van der Waals surface area contributed by atoms with Gasteiger partial charge in [0.1, 0.15) is 15.6 Å². The molecule has 1 N–H and O–H groups in total. The molecule has 0 saturated carbocycles. The largest absolute Gasteiger partial charge is 0.437 e. The first kappa shape index (κ1) is 19.4. The van der Waals surface area contributed by atoms with Crippen LogP contribution >= 0.6 is 11.3 Å². The first-order valence-corrected chi connectivity index (χ1v) is 10.8. The second kappa shape index (κ2) is 7.32. The van der Waals surface area contributed by atoms with Crippen LogP contribution in [0.2, 0.25) is 0 Å². The summed E-state index contributed by atoms with van der Waals surface area (Å²) in [5.41, 5.74) is 2.09. The van der Waals surface area contributed by atoms with E-state index in [1.165, 1.54) is 11.3 Å². The van der Waals surface area contributed by atoms with Crippen molar-refractivity contribution in [2.24, 2.45) is 0 Å². The van der Waals surface area contributed by atoms with Crippen LogP contribution in [0.15, 0.2) is 58.3 Å². The number of sulfonamides is 1. The van der Waals surface area contributed by atoms with Crippen molar-refractivity contribution in [1.82, 2.24) is 4.98 Å². The van der Waals surface area contributed by atoms with Gasteiger partial charge in [-0.1, -0.05) is 39.0 Å². The zero-order valence-corrected chi connectivity index (χ0v) is 17.3. The predicted molar refractivity (Wildman–Crippen MR) is 109 cm³/mol. The van der Waals surface area contributed by atoms with Gasteiger partial charge in [0, 0.05) is 11.8 Å². The number of benzene rings is 1. The second-order valence-electron chi connectivity index (χ2n) is 7.25. The average Bonchev–Trinajstić information content (AvgIpc) is 3.03. The molecular formula is C20H22N2O3S2. The smallest absolute Gasteiger partial charge is 0.271 e. The number of anilines is 1. The quantitative estimate of drug-likeness (QED) is 0.625. The van der Waals surface area contributed by atoms with E-state index in [9.17, 15) is 8.42 Å². The van der Waals surface area contributed by atoms with Gasteiger partial charge in [-0.05, 0) is 47.5 Å². The number of pyridine rings is 1. The van der Waals surface area contributed by atoms with Crippen molar-refractivity contribution in [3.63, 3.8) is 0 Å². The van der Waals surface area contributed by atoms with Crippen LogP contribution < -0.4 is 9.46 Å². The highest BCUT2D eigenvalue weighted by atomic mass is 32.2. The summed E-state index contributed by atoms with van der Waals surface area (Å²) in [5.74, 6) is 0.863. The summed E-state index contributed by atoms with van der Waals surface area (Å²) in [7, 11) is -3.70. The number of hydrogen-bond acceptors (Lipinski definition) is 5. The van der Waals surface area contributed by atoms with Gasteiger partial charge in [-0.3, -0.25) is 4.72 Å². The third-order valence-electron chi connectivity index (χ3n) is 3.89. The van der Waals surface area contributed by atoms with E-state index in [1.807, 2.05) is 31.2 Å². The molecule has 0 aliphatic rings. The molecule has 0 saturated heterocycles. The Balaban J connectivity index is 1.94. The van der Waals surface area contributed by atoms with Crippen LogP contribution in [-0.2, 0) is 15.4 Å². The van der Waals surface area contributed by atoms with E-state index in [4.69, 9.17) is 4.74 Å². The summed E-state index contributed by atoms with van der Waals surface area (Å²) >= 11 is 1.18. The van der Waals surface area contributed by atoms with Gasteiger partial charge in [0.25, 0.3) is 10.0 Å². The number of rotatable bonds is 5. The van der Waals surface area contributed by atoms with Gasteiger partial charge in [-0.15, -0.1) is 11.3 Å². The lowest BCUT2D eigenvalue weighted by Crippen LogP contribution is -2.14. The molecule has 0 spiro atoms. The Kier molecular flexibility index (Phi) is 5.26. The number of nitrogens with zero attached hydrogens (tertiary/aromatic N) is 1. The molecule has 0 aliphatic heterocycles. The number of ether oxygens (including phenoxy) is 1. The van der Waals surface area contributed by atoms with Crippen LogP contribution in [0.5, 0.6) is 11.6 Å². The molecule has 2 aromatic heterocycles. The van der Waals surface area contributed by atoms with E-state index >= 15 is 0 Å². The molecular weight excluding hydrogens is 380 g/mol. The van der Waals surface area contributed by atoms with E-state index in [0.717, 1.165) is 11.1 Å². The first-order valence-electron chi connectivity index (χ1n) is 8.47. The number of thiophene rings is 1. The van der Waals surface area contributed by atoms with Crippen LogP contribution in [0.3, 0.4) is 0 Å². The van der Waals surface area contributed by atoms with Crippen molar-refractivity contribution in [3.05, 3.63) is 65.2 Å². The van der Waals surface area contributed by atoms with Gasteiger partial charge in [0.05, 0.1) is 0 Å². The van der Waals surface area contributed by atoms with E-state index < -0.39 is 10.0 Å². The molecule has 27 heavy (non-hydrogen) atoms. The number of aromatic nitrogens is 1. The van der Waals surface area contributed by atoms with E-state index in [2.05, 4.69) is 30.5 Å².